The number of esters is 1. The molecule has 1 aliphatic rings. The molecule has 0 saturated carbocycles. The van der Waals surface area contributed by atoms with Crippen molar-refractivity contribution in [3.05, 3.63) is 105 Å². The predicted molar refractivity (Wildman–Crippen MR) is 173 cm³/mol. The van der Waals surface area contributed by atoms with Gasteiger partial charge in [-0.05, 0) is 52.4 Å². The molecule has 5 aromatic rings. The Labute approximate surface area is 265 Å². The van der Waals surface area contributed by atoms with E-state index in [-0.39, 0.29) is 34.5 Å². The Bertz CT molecular complexity index is 1990. The van der Waals surface area contributed by atoms with Crippen molar-refractivity contribution in [1.29, 1.82) is 0 Å². The highest BCUT2D eigenvalue weighted by molar-refractivity contribution is 5.94. The molecule has 0 aliphatic carbocycles. The lowest BCUT2D eigenvalue weighted by molar-refractivity contribution is -0.135. The van der Waals surface area contributed by atoms with Crippen molar-refractivity contribution in [3.63, 3.8) is 0 Å². The van der Waals surface area contributed by atoms with Gasteiger partial charge in [-0.3, -0.25) is 9.59 Å². The minimum Gasteiger partial charge on any atom is -0.507 e. The molecule has 2 heterocycles. The van der Waals surface area contributed by atoms with Gasteiger partial charge >= 0.3 is 5.97 Å². The van der Waals surface area contributed by atoms with E-state index in [2.05, 4.69) is 26.0 Å². The summed E-state index contributed by atoms with van der Waals surface area (Å²) in [6, 6.07) is 20.0. The Hall–Kier alpha value is -5.44. The van der Waals surface area contributed by atoms with Crippen LogP contribution in [0, 0.1) is 0 Å². The van der Waals surface area contributed by atoms with Crippen molar-refractivity contribution < 1.29 is 38.0 Å². The molecule has 1 N–H and O–H groups in total. The summed E-state index contributed by atoms with van der Waals surface area (Å²) in [5.41, 5.74) is 3.85. The number of benzene rings is 4. The molecule has 0 spiro atoms. The van der Waals surface area contributed by atoms with Gasteiger partial charge < -0.3 is 33.2 Å². The topological polar surface area (TPSA) is 114 Å². The van der Waals surface area contributed by atoms with Crippen LogP contribution in [0.1, 0.15) is 54.4 Å². The number of rotatable bonds is 9. The Kier molecular flexibility index (Phi) is 8.32. The molecule has 0 bridgehead atoms. The van der Waals surface area contributed by atoms with Crippen molar-refractivity contribution in [2.75, 3.05) is 21.3 Å². The molecular weight excluding hydrogens is 588 g/mol. The quantitative estimate of drug-likeness (QED) is 0.133. The third-order valence-corrected chi connectivity index (χ3v) is 8.30. The number of hydrogen-bond acceptors (Lipinski definition) is 9. The molecule has 6 rings (SSSR count). The molecule has 1 atom stereocenters. The van der Waals surface area contributed by atoms with Gasteiger partial charge in [-0.25, -0.2) is 0 Å². The molecule has 236 valence electrons. The SMILES string of the molecule is COc1ccc(-c2coc3c4c(cc(O)c3c2=O)OC(=O)CC4c2ccc(OC)c(OCc3ccc(C(C)C)cc3)c2)cc1OC. The van der Waals surface area contributed by atoms with Crippen molar-refractivity contribution in [3.8, 4) is 45.6 Å². The summed E-state index contributed by atoms with van der Waals surface area (Å²) in [5.74, 6) is 1.11. The molecule has 9 nitrogen and oxygen atoms in total. The molecule has 0 radical (unpaired) electrons. The van der Waals surface area contributed by atoms with Crippen LogP contribution in [-0.4, -0.2) is 32.4 Å². The van der Waals surface area contributed by atoms with Crippen LogP contribution in [0.25, 0.3) is 22.1 Å². The van der Waals surface area contributed by atoms with Crippen LogP contribution in [0.5, 0.6) is 34.5 Å². The first-order chi connectivity index (χ1) is 22.2. The smallest absolute Gasteiger partial charge is 0.312 e. The van der Waals surface area contributed by atoms with Gasteiger partial charge in [0.15, 0.2) is 23.0 Å². The fourth-order valence-electron chi connectivity index (χ4n) is 5.80. The van der Waals surface area contributed by atoms with E-state index in [4.69, 9.17) is 28.1 Å². The van der Waals surface area contributed by atoms with Gasteiger partial charge in [0.25, 0.3) is 0 Å². The second-order valence-electron chi connectivity index (χ2n) is 11.4. The van der Waals surface area contributed by atoms with Gasteiger partial charge in [0.1, 0.15) is 35.3 Å². The first-order valence-corrected chi connectivity index (χ1v) is 14.9. The summed E-state index contributed by atoms with van der Waals surface area (Å²) in [5, 5.41) is 11.0. The summed E-state index contributed by atoms with van der Waals surface area (Å²) in [6.07, 6.45) is 1.32. The summed E-state index contributed by atoms with van der Waals surface area (Å²) in [4.78, 5) is 26.7. The van der Waals surface area contributed by atoms with E-state index in [1.165, 1.54) is 32.1 Å². The average molecular weight is 623 g/mol. The number of fused-ring (bicyclic) bond motifs is 3. The zero-order chi connectivity index (χ0) is 32.5. The highest BCUT2D eigenvalue weighted by atomic mass is 16.5. The van der Waals surface area contributed by atoms with E-state index in [1.807, 2.05) is 24.3 Å². The Balaban J connectivity index is 1.42. The van der Waals surface area contributed by atoms with Gasteiger partial charge in [-0.1, -0.05) is 50.2 Å². The summed E-state index contributed by atoms with van der Waals surface area (Å²) in [6.45, 7) is 4.61. The minimum atomic E-state index is -0.562. The fraction of sp³-hybridized carbons (Fsp3) is 0.243. The molecular formula is C37H34O9. The molecule has 1 unspecified atom stereocenters. The van der Waals surface area contributed by atoms with Crippen molar-refractivity contribution in [2.24, 2.45) is 0 Å². The highest BCUT2D eigenvalue weighted by Crippen LogP contribution is 2.47. The summed E-state index contributed by atoms with van der Waals surface area (Å²) >= 11 is 0. The van der Waals surface area contributed by atoms with Crippen LogP contribution in [0.4, 0.5) is 0 Å². The molecule has 0 amide bonds. The second kappa shape index (κ2) is 12.5. The van der Waals surface area contributed by atoms with Crippen LogP contribution in [0.3, 0.4) is 0 Å². The van der Waals surface area contributed by atoms with E-state index in [1.54, 1.807) is 31.4 Å². The van der Waals surface area contributed by atoms with E-state index in [0.717, 1.165) is 11.1 Å². The number of methoxy groups -OCH3 is 3. The first kappa shape index (κ1) is 30.6. The zero-order valence-corrected chi connectivity index (χ0v) is 26.2. The normalized spacial score (nSPS) is 14.1. The maximum Gasteiger partial charge on any atom is 0.312 e. The number of phenols is 1. The lowest BCUT2D eigenvalue weighted by atomic mass is 9.84. The van der Waals surface area contributed by atoms with E-state index in [9.17, 15) is 14.7 Å². The third kappa shape index (κ3) is 5.60. The number of ether oxygens (including phenoxy) is 5. The Morgan fingerprint density at radius 2 is 1.54 bits per heavy atom. The van der Waals surface area contributed by atoms with Crippen LogP contribution in [0.15, 0.2) is 82.2 Å². The van der Waals surface area contributed by atoms with Gasteiger partial charge in [0.2, 0.25) is 5.43 Å². The second-order valence-corrected chi connectivity index (χ2v) is 11.4. The Morgan fingerprint density at radius 1 is 0.848 bits per heavy atom. The Morgan fingerprint density at radius 3 is 2.24 bits per heavy atom. The monoisotopic (exact) mass is 622 g/mol. The number of aromatic hydroxyl groups is 1. The van der Waals surface area contributed by atoms with Crippen molar-refractivity contribution >= 4 is 16.9 Å². The molecule has 9 heteroatoms. The van der Waals surface area contributed by atoms with Gasteiger partial charge in [-0.2, -0.15) is 0 Å². The van der Waals surface area contributed by atoms with Crippen LogP contribution in [-0.2, 0) is 11.4 Å². The minimum absolute atomic E-state index is 0.0174. The first-order valence-electron chi connectivity index (χ1n) is 14.9. The van der Waals surface area contributed by atoms with E-state index < -0.39 is 17.3 Å². The summed E-state index contributed by atoms with van der Waals surface area (Å²) in [7, 11) is 4.59. The van der Waals surface area contributed by atoms with E-state index in [0.29, 0.717) is 46.6 Å². The van der Waals surface area contributed by atoms with Gasteiger partial charge in [0, 0.05) is 17.5 Å². The van der Waals surface area contributed by atoms with Gasteiger partial charge in [-0.15, -0.1) is 0 Å². The molecule has 1 aromatic heterocycles. The molecule has 4 aromatic carbocycles. The molecule has 1 aliphatic heterocycles. The molecule has 46 heavy (non-hydrogen) atoms. The lowest BCUT2D eigenvalue weighted by Crippen LogP contribution is -2.22. The number of hydrogen-bond donors (Lipinski definition) is 1. The zero-order valence-electron chi connectivity index (χ0n) is 26.2. The number of carbonyl (C=O) groups is 1. The lowest BCUT2D eigenvalue weighted by Gasteiger charge is -2.26. The largest absolute Gasteiger partial charge is 0.507 e. The average Bonchev–Trinajstić information content (AvgIpc) is 3.06. The van der Waals surface area contributed by atoms with Crippen LogP contribution < -0.4 is 29.1 Å². The molecule has 0 saturated heterocycles. The van der Waals surface area contributed by atoms with Gasteiger partial charge in [0.05, 0.1) is 33.3 Å². The van der Waals surface area contributed by atoms with Crippen LogP contribution in [0.2, 0.25) is 0 Å². The summed E-state index contributed by atoms with van der Waals surface area (Å²) < 4.78 is 34.2. The van der Waals surface area contributed by atoms with Crippen LogP contribution >= 0.6 is 0 Å². The highest BCUT2D eigenvalue weighted by Gasteiger charge is 2.34. The van der Waals surface area contributed by atoms with E-state index >= 15 is 0 Å². The predicted octanol–water partition coefficient (Wildman–Crippen LogP) is 7.33. The standard InChI is InChI=1S/C37H34O9/c1-20(2)22-8-6-21(7-9-22)18-44-31-15-23(10-13-29(31)42-4)25-16-33(39)46-32-17-27(38)35-36(40)26(19-45-37(35)34(25)32)24-11-12-28(41-3)30(14-24)43-5/h6-15,17,19-20,25,38H,16,18H2,1-5H3. The van der Waals surface area contributed by atoms with Crippen molar-refractivity contribution in [2.45, 2.75) is 38.7 Å². The third-order valence-electron chi connectivity index (χ3n) is 8.30. The maximum absolute atomic E-state index is 13.9. The maximum atomic E-state index is 13.9. The fourth-order valence-corrected chi connectivity index (χ4v) is 5.80. The number of carbonyl (C=O) groups excluding carboxylic acids is 1. The van der Waals surface area contributed by atoms with Crippen molar-refractivity contribution in [1.82, 2.24) is 0 Å². The molecule has 0 fully saturated rings. The number of phenolic OH excluding ortho intramolecular Hbond substituents is 1.